The molecule has 154 valence electrons. The third kappa shape index (κ3) is 5.51. The van der Waals surface area contributed by atoms with Crippen LogP contribution in [0.25, 0.3) is 0 Å². The first-order chi connectivity index (χ1) is 13.7. The number of aromatic nitrogens is 1. The lowest BCUT2D eigenvalue weighted by molar-refractivity contribution is 0.260. The summed E-state index contributed by atoms with van der Waals surface area (Å²) in [6.45, 7) is 8.09. The number of guanidine groups is 1. The zero-order valence-electron chi connectivity index (χ0n) is 16.9. The number of halogens is 1. The Bertz CT molecular complexity index is 673. The largest absolute Gasteiger partial charge is 0.357 e. The number of aliphatic imine (C=N–C) groups is 1. The van der Waals surface area contributed by atoms with Crippen molar-refractivity contribution < 1.29 is 0 Å². The van der Waals surface area contributed by atoms with Crippen molar-refractivity contribution in [3.05, 3.63) is 23.4 Å². The molecule has 28 heavy (non-hydrogen) atoms. The third-order valence-corrected chi connectivity index (χ3v) is 6.12. The molecule has 1 aromatic heterocycles. The summed E-state index contributed by atoms with van der Waals surface area (Å²) in [6, 6.07) is 4.98. The van der Waals surface area contributed by atoms with Gasteiger partial charge in [-0.25, -0.2) is 4.98 Å². The Balaban J connectivity index is 1.28. The van der Waals surface area contributed by atoms with Crippen molar-refractivity contribution in [3.8, 4) is 0 Å². The fourth-order valence-electron chi connectivity index (χ4n) is 3.98. The van der Waals surface area contributed by atoms with Gasteiger partial charge in [0.05, 0.1) is 11.6 Å². The van der Waals surface area contributed by atoms with E-state index >= 15 is 0 Å². The van der Waals surface area contributed by atoms with Crippen molar-refractivity contribution in [2.45, 2.75) is 51.1 Å². The summed E-state index contributed by atoms with van der Waals surface area (Å²) in [5.74, 6) is 2.78. The normalized spacial score (nSPS) is 22.8. The van der Waals surface area contributed by atoms with Crippen LogP contribution in [0.2, 0.25) is 5.02 Å². The minimum absolute atomic E-state index is 0.363. The van der Waals surface area contributed by atoms with E-state index in [1.165, 1.54) is 32.2 Å². The highest BCUT2D eigenvalue weighted by molar-refractivity contribution is 6.32. The molecule has 3 fully saturated rings. The molecular formula is C21H33ClN6. The van der Waals surface area contributed by atoms with Gasteiger partial charge in [0, 0.05) is 51.0 Å². The van der Waals surface area contributed by atoms with Crippen molar-refractivity contribution in [1.82, 2.24) is 20.5 Å². The zero-order chi connectivity index (χ0) is 19.3. The summed E-state index contributed by atoms with van der Waals surface area (Å²) in [6.07, 6.45) is 8.48. The molecule has 0 amide bonds. The van der Waals surface area contributed by atoms with E-state index in [4.69, 9.17) is 16.6 Å². The van der Waals surface area contributed by atoms with Crippen LogP contribution in [0, 0.1) is 5.92 Å². The first-order valence-corrected chi connectivity index (χ1v) is 11.2. The van der Waals surface area contributed by atoms with Crippen molar-refractivity contribution in [3.63, 3.8) is 0 Å². The molecule has 4 rings (SSSR count). The summed E-state index contributed by atoms with van der Waals surface area (Å²) in [7, 11) is 0. The molecule has 0 spiro atoms. The molecule has 1 aliphatic heterocycles. The van der Waals surface area contributed by atoms with Crippen LogP contribution >= 0.6 is 11.6 Å². The van der Waals surface area contributed by atoms with Crippen LogP contribution in [0.3, 0.4) is 0 Å². The molecule has 3 aliphatic rings. The predicted octanol–water partition coefficient (Wildman–Crippen LogP) is 2.74. The Morgan fingerprint density at radius 1 is 1.32 bits per heavy atom. The molecule has 0 aromatic carbocycles. The van der Waals surface area contributed by atoms with Gasteiger partial charge in [-0.1, -0.05) is 11.6 Å². The molecular weight excluding hydrogens is 372 g/mol. The number of anilines is 1. The van der Waals surface area contributed by atoms with Crippen LogP contribution in [-0.4, -0.2) is 67.2 Å². The Morgan fingerprint density at radius 3 is 2.89 bits per heavy atom. The summed E-state index contributed by atoms with van der Waals surface area (Å²) in [4.78, 5) is 14.2. The lowest BCUT2D eigenvalue weighted by Crippen LogP contribution is -2.45. The summed E-state index contributed by atoms with van der Waals surface area (Å²) >= 11 is 6.31. The second-order valence-electron chi connectivity index (χ2n) is 8.31. The molecule has 2 saturated carbocycles. The molecule has 6 nitrogen and oxygen atoms in total. The SMILES string of the molecule is CCNC(=NCCN(CC1CC1)C1CC1)NC1CCN(c2ncccc2Cl)C1. The molecule has 2 N–H and O–H groups in total. The lowest BCUT2D eigenvalue weighted by atomic mass is 10.3. The van der Waals surface area contributed by atoms with Crippen LogP contribution in [-0.2, 0) is 0 Å². The smallest absolute Gasteiger partial charge is 0.191 e. The monoisotopic (exact) mass is 404 g/mol. The Morgan fingerprint density at radius 2 is 2.18 bits per heavy atom. The van der Waals surface area contributed by atoms with E-state index in [9.17, 15) is 0 Å². The second kappa shape index (κ2) is 9.31. The van der Waals surface area contributed by atoms with Gasteiger partial charge in [0.2, 0.25) is 0 Å². The highest BCUT2D eigenvalue weighted by Gasteiger charge is 2.33. The lowest BCUT2D eigenvalue weighted by Gasteiger charge is -2.22. The molecule has 1 saturated heterocycles. The average molecular weight is 405 g/mol. The van der Waals surface area contributed by atoms with E-state index in [2.05, 4.69) is 32.3 Å². The number of rotatable bonds is 9. The maximum atomic E-state index is 6.31. The molecule has 1 atom stereocenters. The van der Waals surface area contributed by atoms with Gasteiger partial charge in [0.15, 0.2) is 5.96 Å². The van der Waals surface area contributed by atoms with E-state index in [1.807, 2.05) is 12.1 Å². The van der Waals surface area contributed by atoms with Crippen molar-refractivity contribution in [2.24, 2.45) is 10.9 Å². The van der Waals surface area contributed by atoms with Gasteiger partial charge in [-0.05, 0) is 57.1 Å². The van der Waals surface area contributed by atoms with E-state index in [1.54, 1.807) is 6.20 Å². The maximum Gasteiger partial charge on any atom is 0.191 e. The summed E-state index contributed by atoms with van der Waals surface area (Å²) in [5.41, 5.74) is 0. The molecule has 1 aromatic rings. The quantitative estimate of drug-likeness (QED) is 0.489. The van der Waals surface area contributed by atoms with Gasteiger partial charge < -0.3 is 15.5 Å². The zero-order valence-corrected chi connectivity index (χ0v) is 17.7. The molecule has 0 radical (unpaired) electrons. The van der Waals surface area contributed by atoms with Gasteiger partial charge in [0.1, 0.15) is 5.82 Å². The van der Waals surface area contributed by atoms with Crippen molar-refractivity contribution in [2.75, 3.05) is 44.2 Å². The van der Waals surface area contributed by atoms with E-state index in [0.29, 0.717) is 6.04 Å². The first kappa shape index (κ1) is 19.8. The average Bonchev–Trinajstić information content (AvgIpc) is 3.61. The fourth-order valence-corrected chi connectivity index (χ4v) is 4.22. The van der Waals surface area contributed by atoms with E-state index < -0.39 is 0 Å². The Labute approximate surface area is 173 Å². The van der Waals surface area contributed by atoms with Gasteiger partial charge >= 0.3 is 0 Å². The van der Waals surface area contributed by atoms with Gasteiger partial charge in [0.25, 0.3) is 0 Å². The maximum absolute atomic E-state index is 6.31. The number of nitrogens with one attached hydrogen (secondary N) is 2. The standard InChI is InChI=1S/C21H33ClN6/c1-2-23-21(25-11-13-27(18-7-8-18)14-16-5-6-16)26-17-9-12-28(15-17)20-19(22)4-3-10-24-20/h3-4,10,16-18H,2,5-9,11-15H2,1H3,(H2,23,25,26). The fraction of sp³-hybridized carbons (Fsp3) is 0.714. The molecule has 1 unspecified atom stereocenters. The third-order valence-electron chi connectivity index (χ3n) is 5.82. The molecule has 2 aliphatic carbocycles. The van der Waals surface area contributed by atoms with Gasteiger partial charge in [-0.2, -0.15) is 0 Å². The molecule has 2 heterocycles. The van der Waals surface area contributed by atoms with Crippen molar-refractivity contribution in [1.29, 1.82) is 0 Å². The van der Waals surface area contributed by atoms with Gasteiger partial charge in [-0.15, -0.1) is 0 Å². The number of nitrogens with zero attached hydrogens (tertiary/aromatic N) is 4. The number of hydrogen-bond acceptors (Lipinski definition) is 4. The number of hydrogen-bond donors (Lipinski definition) is 2. The Hall–Kier alpha value is -1.53. The van der Waals surface area contributed by atoms with Gasteiger partial charge in [-0.3, -0.25) is 9.89 Å². The highest BCUT2D eigenvalue weighted by Crippen LogP contribution is 2.34. The minimum atomic E-state index is 0.363. The van der Waals surface area contributed by atoms with Crippen LogP contribution in [0.5, 0.6) is 0 Å². The summed E-state index contributed by atoms with van der Waals surface area (Å²) < 4.78 is 0. The highest BCUT2D eigenvalue weighted by atomic mass is 35.5. The van der Waals surface area contributed by atoms with Crippen molar-refractivity contribution >= 4 is 23.4 Å². The Kier molecular flexibility index (Phi) is 6.58. The minimum Gasteiger partial charge on any atom is -0.357 e. The van der Waals surface area contributed by atoms with Crippen LogP contribution in [0.1, 0.15) is 39.0 Å². The molecule has 0 bridgehead atoms. The molecule has 7 heteroatoms. The van der Waals surface area contributed by atoms with E-state index in [0.717, 1.165) is 67.9 Å². The second-order valence-corrected chi connectivity index (χ2v) is 8.72. The van der Waals surface area contributed by atoms with Crippen LogP contribution < -0.4 is 15.5 Å². The first-order valence-electron chi connectivity index (χ1n) is 10.9. The predicted molar refractivity (Wildman–Crippen MR) is 116 cm³/mol. The summed E-state index contributed by atoms with van der Waals surface area (Å²) in [5, 5.41) is 7.74. The number of pyridine rings is 1. The van der Waals surface area contributed by atoms with Crippen LogP contribution in [0.4, 0.5) is 5.82 Å². The van der Waals surface area contributed by atoms with E-state index in [-0.39, 0.29) is 0 Å². The topological polar surface area (TPSA) is 55.8 Å². The van der Waals surface area contributed by atoms with Crippen LogP contribution in [0.15, 0.2) is 23.3 Å².